The first-order valence-corrected chi connectivity index (χ1v) is 27.1. The number of amides is 10. The Morgan fingerprint density at radius 1 is 0.724 bits per heavy atom. The van der Waals surface area contributed by atoms with Crippen LogP contribution >= 0.6 is 0 Å². The highest BCUT2D eigenvalue weighted by atomic mass is 16.3. The second-order valence-electron chi connectivity index (χ2n) is 22.8. The molecule has 3 atom stereocenters. The number of rotatable bonds is 31. The van der Waals surface area contributed by atoms with Gasteiger partial charge in [-0.2, -0.15) is 0 Å². The number of nitrogens with zero attached hydrogens (tertiary/aromatic N) is 3. The Morgan fingerprint density at radius 3 is 1.95 bits per heavy atom. The van der Waals surface area contributed by atoms with Gasteiger partial charge in [-0.05, 0) is 100 Å². The van der Waals surface area contributed by atoms with Gasteiger partial charge in [0.2, 0.25) is 53.2 Å². The molecule has 23 heteroatoms. The Balaban J connectivity index is 1.52. The molecular formula is C53H90N12O11. The Morgan fingerprint density at radius 2 is 1.33 bits per heavy atom. The van der Waals surface area contributed by atoms with Crippen molar-refractivity contribution in [2.75, 3.05) is 46.8 Å². The molecule has 3 rings (SSSR count). The highest BCUT2D eigenvalue weighted by Gasteiger charge is 2.41. The normalized spacial score (nSPS) is 16.3. The van der Waals surface area contributed by atoms with E-state index in [9.17, 15) is 47.9 Å². The maximum atomic E-state index is 13.7. The minimum absolute atomic E-state index is 0.0499. The Bertz CT molecular complexity index is 2180. The van der Waals surface area contributed by atoms with E-state index in [0.29, 0.717) is 31.7 Å². The fraction of sp³-hybridized carbons (Fsp3) is 0.755. The molecule has 9 N–H and O–H groups in total. The number of hydrogen-bond donors (Lipinski definition) is 9. The molecule has 2 aliphatic rings. The van der Waals surface area contributed by atoms with Crippen LogP contribution in [0.4, 0.5) is 0 Å². The molecule has 1 aliphatic carbocycles. The van der Waals surface area contributed by atoms with Gasteiger partial charge in [0.15, 0.2) is 11.6 Å². The van der Waals surface area contributed by atoms with E-state index < -0.39 is 101 Å². The number of nitrogens with one attached hydrogen (secondary N) is 9. The molecule has 76 heavy (non-hydrogen) atoms. The van der Waals surface area contributed by atoms with Crippen LogP contribution in [0.15, 0.2) is 10.7 Å². The van der Waals surface area contributed by atoms with Crippen LogP contribution < -0.4 is 47.9 Å². The second kappa shape index (κ2) is 29.4. The zero-order chi connectivity index (χ0) is 57.0. The number of carbonyl (C=O) groups is 10. The molecule has 1 saturated heterocycles. The minimum Gasteiger partial charge on any atom is -0.448 e. The Kier molecular flexibility index (Phi) is 24.8. The molecule has 0 radical (unpaired) electrons. The average molecular weight is 1070 g/mol. The molecule has 1 aromatic heterocycles. The van der Waals surface area contributed by atoms with Crippen molar-refractivity contribution in [2.45, 2.75) is 206 Å². The summed E-state index contributed by atoms with van der Waals surface area (Å²) in [6, 6.07) is -2.97. The molecule has 2 fully saturated rings. The molecule has 1 aromatic rings. The van der Waals surface area contributed by atoms with Gasteiger partial charge in [0, 0.05) is 33.0 Å². The third-order valence-corrected chi connectivity index (χ3v) is 13.6. The van der Waals surface area contributed by atoms with Gasteiger partial charge in [0.1, 0.15) is 41.0 Å². The third kappa shape index (κ3) is 20.8. The Hall–Kier alpha value is -6.13. The number of aryl methyl sites for hydroxylation is 1. The van der Waals surface area contributed by atoms with Crippen LogP contribution in [0.5, 0.6) is 0 Å². The quantitative estimate of drug-likeness (QED) is 0.0480. The number of likely N-dealkylation sites (N-methyl/N-ethyl adjacent to an activating group) is 1. The van der Waals surface area contributed by atoms with Gasteiger partial charge < -0.3 is 62.1 Å². The highest BCUT2D eigenvalue weighted by Crippen LogP contribution is 2.30. The standard InChI is InChI=1S/C53H90N12O11/c1-13-14-15-16-17-18-22-36(59-45(71)39-23-21-28-65(39)46(72)38-32-76-35(4)57-38)43(69)55-31-42(68)60-50(5,6)48(74)56-30-41(67)58-37(29-34(2)3)44(70)62-52(9,10)49(75)63-51(7,8)47(73)54-27-24-40(66)61-53(33-64(11)12)25-19-20-26-53/h32,34,36-37,39H,13-31,33H2,1-12H3,(H,54,73)(H,55,69)(H,56,74)(H,58,67)(H,59,71)(H,60,68)(H,61,66)(H,62,70)(H,63,75)/t36?,37-,39?/m0/s1. The van der Waals surface area contributed by atoms with Crippen LogP contribution in [0.1, 0.15) is 175 Å². The van der Waals surface area contributed by atoms with E-state index in [1.807, 2.05) is 32.8 Å². The predicted molar refractivity (Wildman–Crippen MR) is 285 cm³/mol. The largest absolute Gasteiger partial charge is 0.448 e. The van der Waals surface area contributed by atoms with Crippen LogP contribution in [0.25, 0.3) is 0 Å². The number of aromatic nitrogens is 1. The first kappa shape index (κ1) is 64.2. The van der Waals surface area contributed by atoms with E-state index in [0.717, 1.165) is 64.3 Å². The summed E-state index contributed by atoms with van der Waals surface area (Å²) in [5.74, 6) is -5.64. The maximum absolute atomic E-state index is 13.7. The molecule has 0 spiro atoms. The van der Waals surface area contributed by atoms with Crippen LogP contribution in [-0.4, -0.2) is 161 Å². The van der Waals surface area contributed by atoms with Crippen molar-refractivity contribution in [2.24, 2.45) is 5.92 Å². The van der Waals surface area contributed by atoms with Crippen LogP contribution in [-0.2, 0) is 43.2 Å². The van der Waals surface area contributed by atoms with Crippen LogP contribution in [0, 0.1) is 12.8 Å². The summed E-state index contributed by atoms with van der Waals surface area (Å²) in [6.07, 6.45) is 12.2. The van der Waals surface area contributed by atoms with Crippen molar-refractivity contribution < 1.29 is 52.4 Å². The first-order chi connectivity index (χ1) is 35.5. The number of unbranched alkanes of at least 4 members (excludes halogenated alkanes) is 5. The molecule has 0 aromatic carbocycles. The summed E-state index contributed by atoms with van der Waals surface area (Å²) in [5.41, 5.74) is -4.79. The van der Waals surface area contributed by atoms with Gasteiger partial charge in [0.25, 0.3) is 5.91 Å². The Labute approximate surface area is 449 Å². The molecule has 2 heterocycles. The zero-order valence-electron chi connectivity index (χ0n) is 47.4. The first-order valence-electron chi connectivity index (χ1n) is 27.1. The maximum Gasteiger partial charge on any atom is 0.276 e. The smallest absolute Gasteiger partial charge is 0.276 e. The summed E-state index contributed by atoms with van der Waals surface area (Å²) in [4.78, 5) is 141. The monoisotopic (exact) mass is 1070 g/mol. The summed E-state index contributed by atoms with van der Waals surface area (Å²) >= 11 is 0. The van der Waals surface area contributed by atoms with E-state index >= 15 is 0 Å². The topological polar surface area (TPSA) is 311 Å². The van der Waals surface area contributed by atoms with Gasteiger partial charge in [-0.15, -0.1) is 0 Å². The van der Waals surface area contributed by atoms with Crippen molar-refractivity contribution in [3.63, 3.8) is 0 Å². The zero-order valence-corrected chi connectivity index (χ0v) is 47.4. The molecule has 2 unspecified atom stereocenters. The van der Waals surface area contributed by atoms with Crippen LogP contribution in [0.3, 0.4) is 0 Å². The summed E-state index contributed by atoms with van der Waals surface area (Å²) in [5, 5.41) is 24.3. The molecule has 23 nitrogen and oxygen atoms in total. The average Bonchev–Trinajstić information content (AvgIpc) is 4.11. The molecule has 0 bridgehead atoms. The summed E-state index contributed by atoms with van der Waals surface area (Å²) in [6.45, 7) is 16.1. The lowest BCUT2D eigenvalue weighted by Crippen LogP contribution is -2.64. The van der Waals surface area contributed by atoms with E-state index in [1.54, 1.807) is 6.92 Å². The van der Waals surface area contributed by atoms with Gasteiger partial charge >= 0.3 is 0 Å². The van der Waals surface area contributed by atoms with Gasteiger partial charge in [-0.3, -0.25) is 47.9 Å². The molecule has 428 valence electrons. The lowest BCUT2D eigenvalue weighted by atomic mass is 9.96. The lowest BCUT2D eigenvalue weighted by Gasteiger charge is -2.34. The van der Waals surface area contributed by atoms with Gasteiger partial charge in [0.05, 0.1) is 18.6 Å². The fourth-order valence-corrected chi connectivity index (χ4v) is 9.42. The van der Waals surface area contributed by atoms with E-state index in [2.05, 4.69) is 59.8 Å². The van der Waals surface area contributed by atoms with Crippen molar-refractivity contribution in [1.82, 2.24) is 62.6 Å². The van der Waals surface area contributed by atoms with Crippen molar-refractivity contribution in [1.29, 1.82) is 0 Å². The van der Waals surface area contributed by atoms with Gasteiger partial charge in [-0.1, -0.05) is 72.1 Å². The molecule has 1 saturated carbocycles. The molecule has 10 amide bonds. The molecule has 1 aliphatic heterocycles. The van der Waals surface area contributed by atoms with Crippen molar-refractivity contribution in [3.8, 4) is 0 Å². The number of likely N-dealkylation sites (tertiary alicyclic amines) is 1. The SMILES string of the molecule is CCCCCCCCC(NC(=O)C1CCCN1C(=O)c1coc(C)n1)C(=O)NCC(=O)NC(C)(C)C(=O)NCC(=O)N[C@@H](CC(C)C)C(=O)NC(C)(C)C(=O)NC(C)(C)C(=O)NCCC(=O)NC1(CN(C)C)CCCC1. The van der Waals surface area contributed by atoms with Crippen LogP contribution in [0.2, 0.25) is 0 Å². The number of oxazole rings is 1. The summed E-state index contributed by atoms with van der Waals surface area (Å²) in [7, 11) is 3.93. The second-order valence-corrected chi connectivity index (χ2v) is 22.8. The fourth-order valence-electron chi connectivity index (χ4n) is 9.42. The molecular weight excluding hydrogens is 981 g/mol. The predicted octanol–water partition coefficient (Wildman–Crippen LogP) is 1.77. The van der Waals surface area contributed by atoms with E-state index in [4.69, 9.17) is 4.42 Å². The van der Waals surface area contributed by atoms with Crippen molar-refractivity contribution in [3.05, 3.63) is 17.8 Å². The lowest BCUT2D eigenvalue weighted by molar-refractivity contribution is -0.138. The minimum atomic E-state index is -1.58. The third-order valence-electron chi connectivity index (χ3n) is 13.6. The number of hydrogen-bond acceptors (Lipinski definition) is 13. The number of carbonyl (C=O) groups excluding carboxylic acids is 10. The van der Waals surface area contributed by atoms with E-state index in [1.165, 1.54) is 52.7 Å². The van der Waals surface area contributed by atoms with Crippen molar-refractivity contribution >= 4 is 59.1 Å². The summed E-state index contributed by atoms with van der Waals surface area (Å²) < 4.78 is 5.19. The van der Waals surface area contributed by atoms with Gasteiger partial charge in [-0.25, -0.2) is 4.98 Å². The van der Waals surface area contributed by atoms with E-state index in [-0.39, 0.29) is 48.9 Å². The highest BCUT2D eigenvalue weighted by molar-refractivity contribution is 6.00.